The average Bonchev–Trinajstić information content (AvgIpc) is 2.82. The largest absolute Gasteiger partial charge is 0.381 e. The molecule has 6 nitrogen and oxygen atoms in total. The van der Waals surface area contributed by atoms with Crippen molar-refractivity contribution in [2.75, 3.05) is 19.8 Å². The van der Waals surface area contributed by atoms with Crippen LogP contribution in [0.2, 0.25) is 30.8 Å². The molecule has 0 aliphatic carbocycles. The van der Waals surface area contributed by atoms with Crippen LogP contribution in [0.15, 0.2) is 16.9 Å². The van der Waals surface area contributed by atoms with E-state index < -0.39 is 8.07 Å². The van der Waals surface area contributed by atoms with Crippen molar-refractivity contribution in [2.24, 2.45) is 0 Å². The molecule has 3 rings (SSSR count). The highest BCUT2D eigenvalue weighted by atomic mass is 35.5. The topological polar surface area (TPSA) is 58.3 Å². The van der Waals surface area contributed by atoms with Gasteiger partial charge in [0.05, 0.1) is 5.52 Å². The minimum atomic E-state index is -1.15. The molecule has 0 radical (unpaired) electrons. The summed E-state index contributed by atoms with van der Waals surface area (Å²) in [7, 11) is -1.15. The molecule has 0 N–H and O–H groups in total. The van der Waals surface area contributed by atoms with Gasteiger partial charge in [0.1, 0.15) is 11.9 Å². The Morgan fingerprint density at radius 2 is 2.04 bits per heavy atom. The van der Waals surface area contributed by atoms with E-state index in [4.69, 9.17) is 21.1 Å². The minimum Gasteiger partial charge on any atom is -0.381 e. The molecular weight excluding hydrogens is 358 g/mol. The molecule has 0 bridgehead atoms. The Morgan fingerprint density at radius 3 is 2.72 bits per heavy atom. The second-order valence-corrected chi connectivity index (χ2v) is 13.8. The van der Waals surface area contributed by atoms with E-state index in [1.807, 2.05) is 6.07 Å². The van der Waals surface area contributed by atoms with Gasteiger partial charge in [-0.05, 0) is 31.0 Å². The quantitative estimate of drug-likeness (QED) is 0.435. The lowest BCUT2D eigenvalue weighted by atomic mass is 10.1. The summed E-state index contributed by atoms with van der Waals surface area (Å²) in [6, 6.07) is 4.74. The van der Waals surface area contributed by atoms with Crippen LogP contribution in [0, 0.1) is 0 Å². The Morgan fingerprint density at radius 1 is 1.32 bits per heavy atom. The lowest BCUT2D eigenvalue weighted by Crippen LogP contribution is -2.31. The second kappa shape index (κ2) is 7.61. The third kappa shape index (κ3) is 4.34. The Kier molecular flexibility index (Phi) is 5.67. The van der Waals surface area contributed by atoms with Crippen molar-refractivity contribution in [3.05, 3.63) is 27.8 Å². The normalized spacial score (nSPS) is 16.6. The molecule has 25 heavy (non-hydrogen) atoms. The summed E-state index contributed by atoms with van der Waals surface area (Å²) >= 11 is 6.08. The SMILES string of the molecule is C[Si](C)(C)CCOCn1c(=O)n(C2CCOCC2)c2nc(Cl)ccc21. The molecule has 0 amide bonds. The number of imidazole rings is 1. The van der Waals surface area contributed by atoms with Gasteiger partial charge >= 0.3 is 5.69 Å². The number of fused-ring (bicyclic) bond motifs is 1. The number of ether oxygens (including phenoxy) is 2. The number of pyridine rings is 1. The molecule has 0 spiro atoms. The zero-order valence-electron chi connectivity index (χ0n) is 15.1. The van der Waals surface area contributed by atoms with Gasteiger partial charge in [-0.25, -0.2) is 9.78 Å². The molecule has 0 atom stereocenters. The first-order chi connectivity index (χ1) is 11.9. The fourth-order valence-electron chi connectivity index (χ4n) is 3.06. The van der Waals surface area contributed by atoms with Crippen LogP contribution >= 0.6 is 11.6 Å². The fourth-order valence-corrected chi connectivity index (χ4v) is 3.96. The standard InChI is InChI=1S/C17H26ClN3O3Si/c1-25(2,3)11-10-24-12-20-14-4-5-15(18)19-16(14)21(17(20)22)13-6-8-23-9-7-13/h4-5,13H,6-12H2,1-3H3. The zero-order chi connectivity index (χ0) is 18.0. The van der Waals surface area contributed by atoms with E-state index in [-0.39, 0.29) is 18.5 Å². The Balaban J connectivity index is 1.90. The number of nitrogens with zero attached hydrogens (tertiary/aromatic N) is 3. The Hall–Kier alpha value is -1.15. The predicted octanol–water partition coefficient (Wildman–Crippen LogP) is 3.52. The number of hydrogen-bond donors (Lipinski definition) is 0. The molecule has 2 aromatic heterocycles. The second-order valence-electron chi connectivity index (χ2n) is 7.75. The van der Waals surface area contributed by atoms with Crippen molar-refractivity contribution in [1.82, 2.24) is 14.1 Å². The van der Waals surface area contributed by atoms with E-state index in [9.17, 15) is 4.79 Å². The van der Waals surface area contributed by atoms with Gasteiger partial charge < -0.3 is 9.47 Å². The van der Waals surface area contributed by atoms with E-state index >= 15 is 0 Å². The Labute approximate surface area is 153 Å². The van der Waals surface area contributed by atoms with Gasteiger partial charge in [0.2, 0.25) is 0 Å². The van der Waals surface area contributed by atoms with Crippen LogP contribution in [0.25, 0.3) is 11.2 Å². The van der Waals surface area contributed by atoms with Crippen molar-refractivity contribution in [3.8, 4) is 0 Å². The van der Waals surface area contributed by atoms with E-state index in [0.717, 1.165) is 24.4 Å². The summed E-state index contributed by atoms with van der Waals surface area (Å²) in [6.45, 7) is 9.18. The van der Waals surface area contributed by atoms with Crippen molar-refractivity contribution in [2.45, 2.75) is 51.3 Å². The van der Waals surface area contributed by atoms with E-state index in [1.54, 1.807) is 15.2 Å². The van der Waals surface area contributed by atoms with Gasteiger partial charge in [-0.15, -0.1) is 0 Å². The maximum atomic E-state index is 13.0. The first kappa shape index (κ1) is 18.6. The van der Waals surface area contributed by atoms with Gasteiger partial charge in [-0.2, -0.15) is 0 Å². The molecule has 138 valence electrons. The van der Waals surface area contributed by atoms with Gasteiger partial charge in [0, 0.05) is 33.9 Å². The van der Waals surface area contributed by atoms with Crippen molar-refractivity contribution in [1.29, 1.82) is 0 Å². The fraction of sp³-hybridized carbons (Fsp3) is 0.647. The number of hydrogen-bond acceptors (Lipinski definition) is 4. The van der Waals surface area contributed by atoms with Crippen molar-refractivity contribution < 1.29 is 9.47 Å². The molecule has 8 heteroatoms. The molecule has 1 fully saturated rings. The molecule has 1 aliphatic rings. The smallest absolute Gasteiger partial charge is 0.332 e. The monoisotopic (exact) mass is 383 g/mol. The molecule has 3 heterocycles. The molecule has 1 saturated heterocycles. The van der Waals surface area contributed by atoms with Crippen LogP contribution in [0.1, 0.15) is 18.9 Å². The van der Waals surface area contributed by atoms with Crippen molar-refractivity contribution >= 4 is 30.8 Å². The summed E-state index contributed by atoms with van der Waals surface area (Å²) in [4.78, 5) is 17.4. The maximum Gasteiger partial charge on any atom is 0.332 e. The van der Waals surface area contributed by atoms with E-state index in [2.05, 4.69) is 24.6 Å². The molecule has 0 aromatic carbocycles. The molecular formula is C17H26ClN3O3Si. The first-order valence-corrected chi connectivity index (χ1v) is 12.9. The van der Waals surface area contributed by atoms with Crippen LogP contribution in [0.5, 0.6) is 0 Å². The molecule has 0 saturated carbocycles. The van der Waals surface area contributed by atoms with Crippen LogP contribution in [0.4, 0.5) is 0 Å². The minimum absolute atomic E-state index is 0.0790. The van der Waals surface area contributed by atoms with Gasteiger partial charge in [-0.1, -0.05) is 31.2 Å². The summed E-state index contributed by atoms with van der Waals surface area (Å²) in [6.07, 6.45) is 1.62. The van der Waals surface area contributed by atoms with Gasteiger partial charge in [-0.3, -0.25) is 9.13 Å². The summed E-state index contributed by atoms with van der Waals surface area (Å²) in [5.74, 6) is 0. The zero-order valence-corrected chi connectivity index (χ0v) is 16.9. The van der Waals surface area contributed by atoms with Crippen LogP contribution in [-0.2, 0) is 16.2 Å². The molecule has 0 unspecified atom stereocenters. The maximum absolute atomic E-state index is 13.0. The van der Waals surface area contributed by atoms with Crippen LogP contribution in [0.3, 0.4) is 0 Å². The Bertz CT molecular complexity index is 791. The van der Waals surface area contributed by atoms with E-state index in [1.165, 1.54) is 0 Å². The lowest BCUT2D eigenvalue weighted by Gasteiger charge is -2.22. The predicted molar refractivity (Wildman–Crippen MR) is 102 cm³/mol. The highest BCUT2D eigenvalue weighted by molar-refractivity contribution is 6.76. The third-order valence-electron chi connectivity index (χ3n) is 4.55. The van der Waals surface area contributed by atoms with Crippen LogP contribution in [-0.4, -0.2) is 42.0 Å². The number of rotatable bonds is 6. The van der Waals surface area contributed by atoms with Crippen LogP contribution < -0.4 is 5.69 Å². The average molecular weight is 384 g/mol. The summed E-state index contributed by atoms with van der Waals surface area (Å²) in [5.41, 5.74) is 1.33. The van der Waals surface area contributed by atoms with Gasteiger partial charge in [0.15, 0.2) is 5.65 Å². The molecule has 2 aromatic rings. The summed E-state index contributed by atoms with van der Waals surface area (Å²) in [5, 5.41) is 0.394. The highest BCUT2D eigenvalue weighted by Crippen LogP contribution is 2.24. The highest BCUT2D eigenvalue weighted by Gasteiger charge is 2.24. The first-order valence-electron chi connectivity index (χ1n) is 8.79. The van der Waals surface area contributed by atoms with Crippen molar-refractivity contribution in [3.63, 3.8) is 0 Å². The van der Waals surface area contributed by atoms with Gasteiger partial charge in [0.25, 0.3) is 0 Å². The third-order valence-corrected chi connectivity index (χ3v) is 6.46. The number of aromatic nitrogens is 3. The number of halogens is 1. The van der Waals surface area contributed by atoms with E-state index in [0.29, 0.717) is 30.6 Å². The summed E-state index contributed by atoms with van der Waals surface area (Å²) < 4.78 is 14.7. The molecule has 1 aliphatic heterocycles. The lowest BCUT2D eigenvalue weighted by molar-refractivity contribution is 0.0669.